The largest absolute Gasteiger partial charge is 0.393 e. The lowest BCUT2D eigenvalue weighted by Gasteiger charge is -2.53. The minimum atomic E-state index is -0.677. The fraction of sp³-hybridized carbons (Fsp3) is 0.786. The van der Waals surface area contributed by atoms with E-state index in [9.17, 15) is 19.5 Å². The molecule has 2 aliphatic rings. The van der Waals surface area contributed by atoms with Crippen LogP contribution in [0.2, 0.25) is 0 Å². The molecule has 2 rings (SSSR count). The lowest BCUT2D eigenvalue weighted by molar-refractivity contribution is -0.173. The molecule has 0 aromatic rings. The molecule has 1 saturated heterocycles. The summed E-state index contributed by atoms with van der Waals surface area (Å²) in [5.41, 5.74) is 4.95. The summed E-state index contributed by atoms with van der Waals surface area (Å²) in [4.78, 5) is 36.4. The zero-order chi connectivity index (χ0) is 14.9. The van der Waals surface area contributed by atoms with Crippen LogP contribution in [0.25, 0.3) is 0 Å². The number of nitrogens with two attached hydrogens (primary N) is 1. The van der Waals surface area contributed by atoms with E-state index >= 15 is 0 Å². The first-order valence-corrected chi connectivity index (χ1v) is 7.13. The van der Waals surface area contributed by atoms with Crippen LogP contribution in [0.1, 0.15) is 45.4 Å². The van der Waals surface area contributed by atoms with E-state index in [2.05, 4.69) is 0 Å². The number of aliphatic hydroxyl groups excluding tert-OH is 1. The summed E-state index contributed by atoms with van der Waals surface area (Å²) in [6.45, 7) is 1.98. The first-order chi connectivity index (χ1) is 9.35. The van der Waals surface area contributed by atoms with Gasteiger partial charge in [-0.2, -0.15) is 0 Å². The van der Waals surface area contributed by atoms with Crippen LogP contribution in [0.5, 0.6) is 0 Å². The van der Waals surface area contributed by atoms with Gasteiger partial charge in [0.05, 0.1) is 11.5 Å². The molecule has 0 aromatic carbocycles. The number of Topliss-reactive ketones (excluding diaryl/α,β-unsaturated/α-hetero) is 1. The Balaban J connectivity index is 1.98. The van der Waals surface area contributed by atoms with Crippen molar-refractivity contribution in [1.82, 2.24) is 4.90 Å². The number of nitrogens with zero attached hydrogens (tertiary/aromatic N) is 1. The maximum atomic E-state index is 12.4. The molecule has 1 saturated carbocycles. The summed E-state index contributed by atoms with van der Waals surface area (Å²) in [7, 11) is 0. The Labute approximate surface area is 118 Å². The molecule has 6 heteroatoms. The summed E-state index contributed by atoms with van der Waals surface area (Å²) >= 11 is 0. The number of aliphatic hydroxyl groups is 1. The van der Waals surface area contributed by atoms with Crippen LogP contribution < -0.4 is 5.73 Å². The maximum absolute atomic E-state index is 12.4. The monoisotopic (exact) mass is 282 g/mol. The van der Waals surface area contributed by atoms with Crippen LogP contribution in [0, 0.1) is 5.41 Å². The van der Waals surface area contributed by atoms with E-state index in [1.807, 2.05) is 0 Å². The standard InChI is InChI=1S/C14H22N2O4/c1-9(17)2-3-11(12(15)19)16-8-14(13(16)20)6-4-10(18)5-7-14/h10-11,18H,2-8H2,1H3,(H2,15,19). The Morgan fingerprint density at radius 3 is 2.50 bits per heavy atom. The number of rotatable bonds is 5. The Hall–Kier alpha value is -1.43. The lowest BCUT2D eigenvalue weighted by Crippen LogP contribution is -2.67. The van der Waals surface area contributed by atoms with Gasteiger partial charge in [-0.3, -0.25) is 9.59 Å². The van der Waals surface area contributed by atoms with Gasteiger partial charge in [-0.25, -0.2) is 0 Å². The predicted molar refractivity (Wildman–Crippen MR) is 71.5 cm³/mol. The second kappa shape index (κ2) is 5.52. The predicted octanol–water partition coefficient (Wildman–Crippen LogP) is -0.0270. The Morgan fingerprint density at radius 1 is 1.45 bits per heavy atom. The number of hydrogen-bond donors (Lipinski definition) is 2. The summed E-state index contributed by atoms with van der Waals surface area (Å²) in [5, 5.41) is 9.52. The van der Waals surface area contributed by atoms with Crippen molar-refractivity contribution in [3.63, 3.8) is 0 Å². The first-order valence-electron chi connectivity index (χ1n) is 7.13. The first kappa shape index (κ1) is 15.0. The molecule has 0 bridgehead atoms. The number of carbonyl (C=O) groups excluding carboxylic acids is 3. The van der Waals surface area contributed by atoms with E-state index in [-0.39, 0.29) is 24.2 Å². The molecule has 1 spiro atoms. The molecular weight excluding hydrogens is 260 g/mol. The highest BCUT2D eigenvalue weighted by Crippen LogP contribution is 2.46. The van der Waals surface area contributed by atoms with Gasteiger partial charge >= 0.3 is 0 Å². The summed E-state index contributed by atoms with van der Waals surface area (Å²) in [6.07, 6.45) is 2.84. The van der Waals surface area contributed by atoms with Gasteiger partial charge in [0, 0.05) is 13.0 Å². The molecule has 112 valence electrons. The van der Waals surface area contributed by atoms with Crippen molar-refractivity contribution in [2.75, 3.05) is 6.54 Å². The van der Waals surface area contributed by atoms with Crippen molar-refractivity contribution in [1.29, 1.82) is 0 Å². The fourth-order valence-corrected chi connectivity index (χ4v) is 3.25. The van der Waals surface area contributed by atoms with Crippen molar-refractivity contribution in [2.45, 2.75) is 57.6 Å². The molecule has 3 N–H and O–H groups in total. The van der Waals surface area contributed by atoms with E-state index in [4.69, 9.17) is 5.73 Å². The van der Waals surface area contributed by atoms with E-state index in [0.717, 1.165) is 0 Å². The molecule has 0 aromatic heterocycles. The molecule has 1 heterocycles. The number of ketones is 1. The smallest absolute Gasteiger partial charge is 0.240 e. The van der Waals surface area contributed by atoms with Crippen molar-refractivity contribution in [3.8, 4) is 0 Å². The van der Waals surface area contributed by atoms with Gasteiger partial charge in [-0.1, -0.05) is 0 Å². The van der Waals surface area contributed by atoms with E-state index in [1.54, 1.807) is 0 Å². The molecule has 2 fully saturated rings. The van der Waals surface area contributed by atoms with Crippen LogP contribution in [0.15, 0.2) is 0 Å². The summed E-state index contributed by atoms with van der Waals surface area (Å²) in [6, 6.07) is -0.677. The maximum Gasteiger partial charge on any atom is 0.240 e. The van der Waals surface area contributed by atoms with Gasteiger partial charge < -0.3 is 20.5 Å². The zero-order valence-electron chi connectivity index (χ0n) is 11.8. The number of hydrogen-bond acceptors (Lipinski definition) is 4. The number of carbonyl (C=O) groups is 3. The SMILES string of the molecule is CC(=O)CCC(C(N)=O)N1CC2(CCC(O)CC2)C1=O. The third-order valence-corrected chi connectivity index (χ3v) is 4.57. The third-order valence-electron chi connectivity index (χ3n) is 4.57. The molecule has 6 nitrogen and oxygen atoms in total. The van der Waals surface area contributed by atoms with Crippen molar-refractivity contribution < 1.29 is 19.5 Å². The summed E-state index contributed by atoms with van der Waals surface area (Å²) in [5.74, 6) is -0.609. The summed E-state index contributed by atoms with van der Waals surface area (Å²) < 4.78 is 0. The number of primary amides is 1. The topological polar surface area (TPSA) is 101 Å². The zero-order valence-corrected chi connectivity index (χ0v) is 11.8. The minimum Gasteiger partial charge on any atom is -0.393 e. The number of amides is 2. The normalized spacial score (nSPS) is 31.0. The molecule has 1 aliphatic heterocycles. The van der Waals surface area contributed by atoms with Crippen molar-refractivity contribution >= 4 is 17.6 Å². The third kappa shape index (κ3) is 2.70. The molecular formula is C14H22N2O4. The molecule has 2 amide bonds. The van der Waals surface area contributed by atoms with Gasteiger partial charge in [0.25, 0.3) is 0 Å². The Bertz CT molecular complexity index is 427. The Morgan fingerprint density at radius 2 is 2.05 bits per heavy atom. The molecule has 0 radical (unpaired) electrons. The molecule has 20 heavy (non-hydrogen) atoms. The number of likely N-dealkylation sites (tertiary alicyclic amines) is 1. The average Bonchev–Trinajstić information content (AvgIpc) is 2.39. The van der Waals surface area contributed by atoms with Crippen LogP contribution >= 0.6 is 0 Å². The van der Waals surface area contributed by atoms with Gasteiger partial charge in [0.1, 0.15) is 11.8 Å². The van der Waals surface area contributed by atoms with Crippen LogP contribution in [-0.2, 0) is 14.4 Å². The average molecular weight is 282 g/mol. The quantitative estimate of drug-likeness (QED) is 0.692. The lowest BCUT2D eigenvalue weighted by atomic mass is 9.66. The van der Waals surface area contributed by atoms with Gasteiger partial charge in [-0.15, -0.1) is 0 Å². The van der Waals surface area contributed by atoms with E-state index in [1.165, 1.54) is 11.8 Å². The second-order valence-corrected chi connectivity index (χ2v) is 6.10. The van der Waals surface area contributed by atoms with Crippen LogP contribution in [0.3, 0.4) is 0 Å². The van der Waals surface area contributed by atoms with Gasteiger partial charge in [0.2, 0.25) is 11.8 Å². The van der Waals surface area contributed by atoms with Crippen molar-refractivity contribution in [2.24, 2.45) is 11.1 Å². The molecule has 1 unspecified atom stereocenters. The fourth-order valence-electron chi connectivity index (χ4n) is 3.25. The minimum absolute atomic E-state index is 0.0141. The highest BCUT2D eigenvalue weighted by molar-refractivity contribution is 5.94. The Kier molecular flexibility index (Phi) is 4.13. The van der Waals surface area contributed by atoms with Crippen LogP contribution in [0.4, 0.5) is 0 Å². The molecule has 1 aliphatic carbocycles. The van der Waals surface area contributed by atoms with Gasteiger partial charge in [-0.05, 0) is 39.0 Å². The van der Waals surface area contributed by atoms with E-state index < -0.39 is 17.4 Å². The van der Waals surface area contributed by atoms with E-state index in [0.29, 0.717) is 38.6 Å². The van der Waals surface area contributed by atoms with Crippen LogP contribution in [-0.4, -0.2) is 46.3 Å². The molecule has 1 atom stereocenters. The van der Waals surface area contributed by atoms with Crippen molar-refractivity contribution in [3.05, 3.63) is 0 Å². The highest BCUT2D eigenvalue weighted by Gasteiger charge is 2.55. The highest BCUT2D eigenvalue weighted by atomic mass is 16.3. The van der Waals surface area contributed by atoms with Gasteiger partial charge in [0.15, 0.2) is 0 Å². The number of β-lactam (4-membered cyclic amide) rings is 1. The second-order valence-electron chi connectivity index (χ2n) is 6.10.